The molecule has 0 saturated carbocycles. The van der Waals surface area contributed by atoms with Crippen LogP contribution in [0.3, 0.4) is 0 Å². The molecular weight excluding hydrogens is 696 g/mol. The highest BCUT2D eigenvalue weighted by atomic mass is 16.5. The molecule has 2 aliphatic rings. The number of Topliss-reactive ketones (excluding diaryl/α,β-unsaturated/α-hetero) is 1. The minimum atomic E-state index is -1.40. The van der Waals surface area contributed by atoms with Gasteiger partial charge >= 0.3 is 5.97 Å². The fraction of sp³-hybridized carbons (Fsp3) is 0.550. The summed E-state index contributed by atoms with van der Waals surface area (Å²) in [6, 6.07) is 3.81. The number of aliphatic hydroxyl groups excluding tert-OH is 2. The van der Waals surface area contributed by atoms with Gasteiger partial charge in [-0.2, -0.15) is 0 Å². The van der Waals surface area contributed by atoms with Crippen molar-refractivity contribution in [2.75, 3.05) is 13.7 Å². The quantitative estimate of drug-likeness (QED) is 0.184. The molecule has 7 atom stereocenters. The van der Waals surface area contributed by atoms with E-state index in [0.29, 0.717) is 36.0 Å². The van der Waals surface area contributed by atoms with Crippen molar-refractivity contribution in [3.63, 3.8) is 0 Å². The van der Waals surface area contributed by atoms with Crippen LogP contribution in [0.2, 0.25) is 0 Å². The largest absolute Gasteiger partial charge is 0.497 e. The molecule has 1 fully saturated rings. The standard InChI is InChI=1S/C40H56N4O10/c1-24(2)35-38(50)41-32(23-28-12-10-13-29(22-28)53-6)39(51)44-20-11-14-31(43-44)40(52)54-34(25(3)19-21-45)16-9-7-8-15-33(47)27(5)36(48)30(37(49)42-35)18-17-26(4)46/h7-10,12-13,15,21-22,24,27,30-33,35-36,43,47-48H,11,14,16-20,23H2,1-6H3,(H,41,50)(H,42,49)/b9-7?,15-8?,34-25-/t27-,30+,31?,32-,33-,35-,36+/m0/s1. The smallest absolute Gasteiger partial charge is 0.330 e. The Bertz CT molecular complexity index is 1590. The van der Waals surface area contributed by atoms with Gasteiger partial charge in [0.1, 0.15) is 41.7 Å². The van der Waals surface area contributed by atoms with Crippen LogP contribution in [0, 0.1) is 17.8 Å². The summed E-state index contributed by atoms with van der Waals surface area (Å²) in [4.78, 5) is 79.0. The Kier molecular flexibility index (Phi) is 17.2. The van der Waals surface area contributed by atoms with Gasteiger partial charge in [-0.1, -0.05) is 57.2 Å². The van der Waals surface area contributed by atoms with Crippen molar-refractivity contribution >= 4 is 35.8 Å². The number of cyclic esters (lactones) is 1. The van der Waals surface area contributed by atoms with Crippen molar-refractivity contribution < 1.29 is 48.5 Å². The monoisotopic (exact) mass is 752 g/mol. The van der Waals surface area contributed by atoms with E-state index in [9.17, 15) is 39.0 Å². The summed E-state index contributed by atoms with van der Waals surface area (Å²) >= 11 is 0. The van der Waals surface area contributed by atoms with Gasteiger partial charge in [0.25, 0.3) is 5.91 Å². The average Bonchev–Trinajstić information content (AvgIpc) is 3.14. The molecule has 296 valence electrons. The maximum atomic E-state index is 14.2. The molecule has 0 radical (unpaired) electrons. The molecule has 1 aromatic carbocycles. The molecule has 1 aromatic rings. The highest BCUT2D eigenvalue weighted by Gasteiger charge is 2.38. The van der Waals surface area contributed by atoms with Crippen LogP contribution in [-0.2, 0) is 39.9 Å². The number of hydrazine groups is 1. The van der Waals surface area contributed by atoms with Gasteiger partial charge in [-0.25, -0.2) is 10.2 Å². The maximum Gasteiger partial charge on any atom is 0.330 e. The van der Waals surface area contributed by atoms with Gasteiger partial charge < -0.3 is 39.9 Å². The van der Waals surface area contributed by atoms with Gasteiger partial charge in [-0.3, -0.25) is 19.4 Å². The molecule has 5 N–H and O–H groups in total. The number of ketones is 1. The number of methoxy groups -OCH3 is 1. The number of esters is 1. The van der Waals surface area contributed by atoms with Crippen molar-refractivity contribution in [1.29, 1.82) is 0 Å². The van der Waals surface area contributed by atoms with E-state index < -0.39 is 71.8 Å². The number of amides is 3. The molecule has 2 bridgehead atoms. The van der Waals surface area contributed by atoms with Crippen molar-refractivity contribution in [3.05, 3.63) is 65.5 Å². The summed E-state index contributed by atoms with van der Waals surface area (Å²) in [6.45, 7) is 8.30. The first-order valence-electron chi connectivity index (χ1n) is 18.5. The highest BCUT2D eigenvalue weighted by Crippen LogP contribution is 2.24. The summed E-state index contributed by atoms with van der Waals surface area (Å²) in [6.07, 6.45) is 5.37. The summed E-state index contributed by atoms with van der Waals surface area (Å²) < 4.78 is 11.2. The SMILES string of the molecule is COc1cccc(C[C@@H]2NC(=O)[C@H](C(C)C)NC(=O)[C@H](CCC(C)=O)[C@H](O)[C@@H](C)[C@@H](O)C=CC=CC/C(=C(\C)CC=O)OC(=O)C3CCCN(N3)C2=O)c1. The first-order chi connectivity index (χ1) is 25.7. The lowest BCUT2D eigenvalue weighted by molar-refractivity contribution is -0.150. The molecule has 14 nitrogen and oxygen atoms in total. The number of hydrogen-bond acceptors (Lipinski definition) is 11. The molecule has 3 amide bonds. The second kappa shape index (κ2) is 21.3. The number of carbonyl (C=O) groups excluding carboxylic acids is 6. The van der Waals surface area contributed by atoms with Gasteiger partial charge in [-0.15, -0.1) is 0 Å². The van der Waals surface area contributed by atoms with Crippen molar-refractivity contribution in [2.45, 2.75) is 110 Å². The summed E-state index contributed by atoms with van der Waals surface area (Å²) in [5.41, 5.74) is 4.19. The summed E-state index contributed by atoms with van der Waals surface area (Å²) in [5.74, 6) is -4.38. The van der Waals surface area contributed by atoms with E-state index >= 15 is 0 Å². The molecule has 1 unspecified atom stereocenters. The zero-order chi connectivity index (χ0) is 39.9. The van der Waals surface area contributed by atoms with Crippen LogP contribution in [0.25, 0.3) is 0 Å². The van der Waals surface area contributed by atoms with Crippen LogP contribution >= 0.6 is 0 Å². The minimum Gasteiger partial charge on any atom is -0.497 e. The fourth-order valence-electron chi connectivity index (χ4n) is 6.32. The first-order valence-corrected chi connectivity index (χ1v) is 18.5. The Labute approximate surface area is 317 Å². The van der Waals surface area contributed by atoms with Crippen LogP contribution in [0.5, 0.6) is 5.75 Å². The second-order valence-corrected chi connectivity index (χ2v) is 14.4. The lowest BCUT2D eigenvalue weighted by Crippen LogP contribution is -2.62. The number of nitrogens with zero attached hydrogens (tertiary/aromatic N) is 1. The number of benzene rings is 1. The third kappa shape index (κ3) is 12.7. The van der Waals surface area contributed by atoms with E-state index in [4.69, 9.17) is 9.47 Å². The number of ether oxygens (including phenoxy) is 2. The van der Waals surface area contributed by atoms with Crippen LogP contribution < -0.4 is 20.8 Å². The van der Waals surface area contributed by atoms with Gasteiger partial charge in [0, 0.05) is 38.1 Å². The molecule has 2 aliphatic heterocycles. The second-order valence-electron chi connectivity index (χ2n) is 14.4. The molecule has 0 aromatic heterocycles. The molecule has 2 heterocycles. The summed E-state index contributed by atoms with van der Waals surface area (Å²) in [7, 11) is 1.51. The van der Waals surface area contributed by atoms with Crippen molar-refractivity contribution in [3.8, 4) is 5.75 Å². The Morgan fingerprint density at radius 2 is 1.83 bits per heavy atom. The highest BCUT2D eigenvalue weighted by molar-refractivity contribution is 5.93. The lowest BCUT2D eigenvalue weighted by atomic mass is 9.84. The normalized spacial score (nSPS) is 27.6. The lowest BCUT2D eigenvalue weighted by Gasteiger charge is -2.36. The number of allylic oxidation sites excluding steroid dienone is 4. The zero-order valence-electron chi connectivity index (χ0n) is 32.1. The van der Waals surface area contributed by atoms with Gasteiger partial charge in [0.05, 0.1) is 25.2 Å². The molecular formula is C40H56N4O10. The van der Waals surface area contributed by atoms with E-state index in [1.807, 2.05) is 0 Å². The topological polar surface area (TPSA) is 201 Å². The Morgan fingerprint density at radius 1 is 1.09 bits per heavy atom. The molecule has 3 rings (SSSR count). The predicted octanol–water partition coefficient (Wildman–Crippen LogP) is 2.62. The molecule has 1 saturated heterocycles. The van der Waals surface area contributed by atoms with Crippen LogP contribution in [0.15, 0.2) is 59.9 Å². The number of rotatable bonds is 9. The number of aliphatic hydroxyl groups is 2. The van der Waals surface area contributed by atoms with E-state index in [1.165, 1.54) is 25.1 Å². The zero-order valence-corrected chi connectivity index (χ0v) is 32.1. The fourth-order valence-corrected chi connectivity index (χ4v) is 6.32. The number of aldehydes is 1. The predicted molar refractivity (Wildman–Crippen MR) is 200 cm³/mol. The van der Waals surface area contributed by atoms with Gasteiger partial charge in [0.2, 0.25) is 11.8 Å². The third-order valence-electron chi connectivity index (χ3n) is 9.75. The molecule has 0 aliphatic carbocycles. The minimum absolute atomic E-state index is 0.0139. The van der Waals surface area contributed by atoms with E-state index in [-0.39, 0.29) is 50.2 Å². The number of fused-ring (bicyclic) bond motifs is 2. The Morgan fingerprint density at radius 3 is 2.50 bits per heavy atom. The van der Waals surface area contributed by atoms with Crippen LogP contribution in [0.1, 0.15) is 78.7 Å². The van der Waals surface area contributed by atoms with Crippen LogP contribution in [0.4, 0.5) is 0 Å². The molecule has 54 heavy (non-hydrogen) atoms. The Hall–Kier alpha value is -4.66. The van der Waals surface area contributed by atoms with Crippen molar-refractivity contribution in [2.24, 2.45) is 17.8 Å². The van der Waals surface area contributed by atoms with Crippen LogP contribution in [-0.4, -0.2) is 95.0 Å². The molecule has 0 spiro atoms. The van der Waals surface area contributed by atoms with Gasteiger partial charge in [0.15, 0.2) is 0 Å². The number of nitrogens with one attached hydrogen (secondary N) is 3. The number of carbonyl (C=O) groups is 6. The summed E-state index contributed by atoms with van der Waals surface area (Å²) in [5, 5.41) is 29.2. The van der Waals surface area contributed by atoms with Crippen molar-refractivity contribution in [1.82, 2.24) is 21.1 Å². The van der Waals surface area contributed by atoms with E-state index in [0.717, 1.165) is 0 Å². The van der Waals surface area contributed by atoms with Gasteiger partial charge in [-0.05, 0) is 62.3 Å². The number of hydrogen-bond donors (Lipinski definition) is 5. The van der Waals surface area contributed by atoms with E-state index in [2.05, 4.69) is 16.1 Å². The average molecular weight is 753 g/mol. The van der Waals surface area contributed by atoms with E-state index in [1.54, 1.807) is 70.2 Å². The maximum absolute atomic E-state index is 14.2. The third-order valence-corrected chi connectivity index (χ3v) is 9.75. The Balaban J connectivity index is 2.09. The molecule has 14 heteroatoms. The first kappa shape index (κ1) is 43.7.